The van der Waals surface area contributed by atoms with Crippen LogP contribution in [0.1, 0.15) is 42.0 Å². The smallest absolute Gasteiger partial charge is 0.185 e. The van der Waals surface area contributed by atoms with Crippen LogP contribution in [0.4, 0.5) is 0 Å². The number of benzene rings is 2. The van der Waals surface area contributed by atoms with Crippen LogP contribution in [-0.4, -0.2) is 5.78 Å². The van der Waals surface area contributed by atoms with E-state index in [4.69, 9.17) is 0 Å². The highest BCUT2D eigenvalue weighted by molar-refractivity contribution is 6.14. The lowest BCUT2D eigenvalue weighted by Gasteiger charge is -2.22. The Hall–Kier alpha value is -2.41. The van der Waals surface area contributed by atoms with Crippen LogP contribution in [0.3, 0.4) is 0 Å². The molecule has 1 heteroatoms. The molecule has 0 atom stereocenters. The van der Waals surface area contributed by atoms with Gasteiger partial charge in [-0.05, 0) is 55.9 Å². The predicted molar refractivity (Wildman–Crippen MR) is 102 cm³/mol. The first-order valence-corrected chi connectivity index (χ1v) is 8.60. The summed E-state index contributed by atoms with van der Waals surface area (Å²) < 4.78 is 0. The quantitative estimate of drug-likeness (QED) is 0.643. The molecule has 2 aromatic carbocycles. The Morgan fingerprint density at radius 3 is 1.71 bits per heavy atom. The minimum Gasteiger partial charge on any atom is -0.289 e. The molecule has 0 spiro atoms. The summed E-state index contributed by atoms with van der Waals surface area (Å²) in [5, 5.41) is 0. The summed E-state index contributed by atoms with van der Waals surface area (Å²) in [5.41, 5.74) is 6.52. The Bertz CT molecular complexity index is 756. The van der Waals surface area contributed by atoms with Gasteiger partial charge < -0.3 is 0 Å². The standard InChI is InChI=1S/C23H24O/c1-16-6-4-8-19(10-16)14-21-12-18(3)13-22(23(21)24)15-20-9-5-7-17(2)11-20/h4-11,14-15,18H,12-13H2,1-3H3. The van der Waals surface area contributed by atoms with Crippen LogP contribution in [-0.2, 0) is 4.79 Å². The number of carbonyl (C=O) groups is 1. The number of allylic oxidation sites excluding steroid dienone is 2. The highest BCUT2D eigenvalue weighted by atomic mass is 16.1. The summed E-state index contributed by atoms with van der Waals surface area (Å²) >= 11 is 0. The third-order valence-corrected chi connectivity index (χ3v) is 4.49. The van der Waals surface area contributed by atoms with E-state index in [0.29, 0.717) is 5.92 Å². The van der Waals surface area contributed by atoms with Gasteiger partial charge in [-0.3, -0.25) is 4.79 Å². The molecule has 0 saturated heterocycles. The molecule has 1 aliphatic rings. The largest absolute Gasteiger partial charge is 0.289 e. The number of carbonyl (C=O) groups excluding carboxylic acids is 1. The zero-order chi connectivity index (χ0) is 17.1. The minimum atomic E-state index is 0.205. The second-order valence-electron chi connectivity index (χ2n) is 7.01. The van der Waals surface area contributed by atoms with E-state index < -0.39 is 0 Å². The van der Waals surface area contributed by atoms with E-state index in [1.807, 2.05) is 12.1 Å². The fraction of sp³-hybridized carbons (Fsp3) is 0.261. The summed E-state index contributed by atoms with van der Waals surface area (Å²) in [5.74, 6) is 0.700. The molecule has 0 unspecified atom stereocenters. The van der Waals surface area contributed by atoms with Crippen molar-refractivity contribution in [1.29, 1.82) is 0 Å². The Kier molecular flexibility index (Phi) is 4.80. The monoisotopic (exact) mass is 316 g/mol. The molecule has 3 rings (SSSR count). The predicted octanol–water partition coefficient (Wildman–Crippen LogP) is 5.77. The molecule has 0 aliphatic heterocycles. The first kappa shape index (κ1) is 16.4. The highest BCUT2D eigenvalue weighted by Gasteiger charge is 2.25. The van der Waals surface area contributed by atoms with Crippen LogP contribution < -0.4 is 0 Å². The highest BCUT2D eigenvalue weighted by Crippen LogP contribution is 2.32. The maximum atomic E-state index is 12.9. The molecule has 0 bridgehead atoms. The molecule has 0 amide bonds. The van der Waals surface area contributed by atoms with Crippen LogP contribution in [0, 0.1) is 19.8 Å². The van der Waals surface area contributed by atoms with Gasteiger partial charge in [-0.1, -0.05) is 66.6 Å². The van der Waals surface area contributed by atoms with Gasteiger partial charge in [0, 0.05) is 11.1 Å². The first-order valence-electron chi connectivity index (χ1n) is 8.60. The van der Waals surface area contributed by atoms with Gasteiger partial charge in [0.1, 0.15) is 0 Å². The average Bonchev–Trinajstić information content (AvgIpc) is 2.52. The first-order chi connectivity index (χ1) is 11.5. The fourth-order valence-electron chi connectivity index (χ4n) is 3.39. The molecule has 2 aromatic rings. The van der Waals surface area contributed by atoms with E-state index in [9.17, 15) is 4.79 Å². The minimum absolute atomic E-state index is 0.205. The van der Waals surface area contributed by atoms with E-state index in [1.165, 1.54) is 11.1 Å². The lowest BCUT2D eigenvalue weighted by molar-refractivity contribution is -0.113. The number of hydrogen-bond donors (Lipinski definition) is 0. The molecule has 0 radical (unpaired) electrons. The number of rotatable bonds is 2. The maximum absolute atomic E-state index is 12.9. The van der Waals surface area contributed by atoms with Crippen molar-refractivity contribution in [2.75, 3.05) is 0 Å². The van der Waals surface area contributed by atoms with Crippen LogP contribution in [0.2, 0.25) is 0 Å². The van der Waals surface area contributed by atoms with Crippen molar-refractivity contribution in [3.63, 3.8) is 0 Å². The number of ketones is 1. The van der Waals surface area contributed by atoms with Crippen molar-refractivity contribution >= 4 is 17.9 Å². The second kappa shape index (κ2) is 7.00. The molecule has 24 heavy (non-hydrogen) atoms. The molecular formula is C23H24O. The molecule has 1 fully saturated rings. The van der Waals surface area contributed by atoms with Crippen molar-refractivity contribution in [1.82, 2.24) is 0 Å². The van der Waals surface area contributed by atoms with E-state index in [1.54, 1.807) is 0 Å². The lowest BCUT2D eigenvalue weighted by Crippen LogP contribution is -2.18. The molecule has 1 nitrogen and oxygen atoms in total. The summed E-state index contributed by atoms with van der Waals surface area (Å²) in [6.07, 6.45) is 5.85. The Morgan fingerprint density at radius 2 is 1.29 bits per heavy atom. The van der Waals surface area contributed by atoms with E-state index >= 15 is 0 Å². The van der Waals surface area contributed by atoms with Gasteiger partial charge in [0.25, 0.3) is 0 Å². The second-order valence-corrected chi connectivity index (χ2v) is 7.01. The summed E-state index contributed by atoms with van der Waals surface area (Å²) in [6.45, 7) is 6.38. The van der Waals surface area contributed by atoms with Crippen molar-refractivity contribution in [2.45, 2.75) is 33.6 Å². The maximum Gasteiger partial charge on any atom is 0.185 e. The molecule has 1 saturated carbocycles. The third-order valence-electron chi connectivity index (χ3n) is 4.49. The average molecular weight is 316 g/mol. The van der Waals surface area contributed by atoms with Crippen LogP contribution >= 0.6 is 0 Å². The van der Waals surface area contributed by atoms with Crippen LogP contribution in [0.15, 0.2) is 59.7 Å². The van der Waals surface area contributed by atoms with Crippen LogP contribution in [0.5, 0.6) is 0 Å². The molecule has 0 heterocycles. The van der Waals surface area contributed by atoms with E-state index in [-0.39, 0.29) is 5.78 Å². The summed E-state index contributed by atoms with van der Waals surface area (Å²) in [7, 11) is 0. The fourth-order valence-corrected chi connectivity index (χ4v) is 3.39. The molecule has 0 aromatic heterocycles. The van der Waals surface area contributed by atoms with Gasteiger partial charge in [-0.15, -0.1) is 0 Å². The van der Waals surface area contributed by atoms with Crippen molar-refractivity contribution in [2.24, 2.45) is 5.92 Å². The lowest BCUT2D eigenvalue weighted by atomic mass is 9.80. The topological polar surface area (TPSA) is 17.1 Å². The SMILES string of the molecule is Cc1cccc(C=C2CC(C)CC(=Cc3cccc(C)c3)C2=O)c1. The van der Waals surface area contributed by atoms with E-state index in [0.717, 1.165) is 35.1 Å². The Labute approximate surface area is 144 Å². The number of aryl methyl sites for hydroxylation is 2. The van der Waals surface area contributed by atoms with Gasteiger partial charge in [0.2, 0.25) is 0 Å². The summed E-state index contributed by atoms with van der Waals surface area (Å²) in [6, 6.07) is 16.6. The van der Waals surface area contributed by atoms with Crippen molar-refractivity contribution < 1.29 is 4.79 Å². The normalized spacial score (nSPS) is 21.5. The van der Waals surface area contributed by atoms with Gasteiger partial charge in [0.15, 0.2) is 5.78 Å². The van der Waals surface area contributed by atoms with Gasteiger partial charge in [0.05, 0.1) is 0 Å². The van der Waals surface area contributed by atoms with Crippen LogP contribution in [0.25, 0.3) is 12.2 Å². The Balaban J connectivity index is 1.94. The number of Topliss-reactive ketones (excluding diaryl/α,β-unsaturated/α-hetero) is 1. The van der Waals surface area contributed by atoms with Gasteiger partial charge in [-0.25, -0.2) is 0 Å². The van der Waals surface area contributed by atoms with E-state index in [2.05, 4.69) is 69.3 Å². The molecule has 122 valence electrons. The summed E-state index contributed by atoms with van der Waals surface area (Å²) in [4.78, 5) is 12.9. The third kappa shape index (κ3) is 3.91. The zero-order valence-electron chi connectivity index (χ0n) is 14.7. The number of hydrogen-bond acceptors (Lipinski definition) is 1. The molecular weight excluding hydrogens is 292 g/mol. The Morgan fingerprint density at radius 1 is 0.833 bits per heavy atom. The van der Waals surface area contributed by atoms with Gasteiger partial charge >= 0.3 is 0 Å². The molecule has 1 aliphatic carbocycles. The molecule has 0 N–H and O–H groups in total. The van der Waals surface area contributed by atoms with Gasteiger partial charge in [-0.2, -0.15) is 0 Å². The van der Waals surface area contributed by atoms with Crippen molar-refractivity contribution in [3.05, 3.63) is 81.9 Å². The van der Waals surface area contributed by atoms with Crippen molar-refractivity contribution in [3.8, 4) is 0 Å². The zero-order valence-corrected chi connectivity index (χ0v) is 14.7.